The number of benzene rings is 2. The van der Waals surface area contributed by atoms with Crippen LogP contribution in [0.1, 0.15) is 10.4 Å². The molecule has 0 saturated heterocycles. The maximum atomic E-state index is 13.5. The minimum absolute atomic E-state index is 0.157. The zero-order valence-corrected chi connectivity index (χ0v) is 13.0. The molecule has 0 aliphatic heterocycles. The quantitative estimate of drug-likeness (QED) is 0.868. The van der Waals surface area contributed by atoms with Gasteiger partial charge in [-0.3, -0.25) is 4.72 Å². The molecule has 0 radical (unpaired) electrons. The number of carbonyl (C=O) groups is 1. The second-order valence-corrected chi connectivity index (χ2v) is 6.68. The average Bonchev–Trinajstić information content (AvgIpc) is 2.37. The van der Waals surface area contributed by atoms with Crippen LogP contribution in [0.4, 0.5) is 10.1 Å². The van der Waals surface area contributed by atoms with E-state index in [0.717, 1.165) is 0 Å². The standard InChI is InChI=1S/C13H8Cl2FNO4S/c14-7-2-1-3-8(4-7)17-22(20,21)12-5-9(13(18)19)11(16)6-10(12)15/h1-6,17H,(H,18,19). The number of carboxylic acids is 1. The van der Waals surface area contributed by atoms with E-state index in [4.69, 9.17) is 28.3 Å². The van der Waals surface area contributed by atoms with Crippen molar-refractivity contribution >= 4 is 44.9 Å². The lowest BCUT2D eigenvalue weighted by atomic mass is 10.2. The smallest absolute Gasteiger partial charge is 0.338 e. The minimum Gasteiger partial charge on any atom is -0.478 e. The summed E-state index contributed by atoms with van der Waals surface area (Å²) in [6, 6.07) is 7.17. The van der Waals surface area contributed by atoms with Crippen molar-refractivity contribution in [2.24, 2.45) is 0 Å². The van der Waals surface area contributed by atoms with E-state index >= 15 is 0 Å². The first kappa shape index (κ1) is 16.5. The Hall–Kier alpha value is -1.83. The summed E-state index contributed by atoms with van der Waals surface area (Å²) in [6.45, 7) is 0. The number of hydrogen-bond acceptors (Lipinski definition) is 3. The molecular formula is C13H8Cl2FNO4S. The predicted octanol–water partition coefficient (Wildman–Crippen LogP) is 3.63. The summed E-state index contributed by atoms with van der Waals surface area (Å²) in [4.78, 5) is 10.4. The highest BCUT2D eigenvalue weighted by molar-refractivity contribution is 7.92. The highest BCUT2D eigenvalue weighted by atomic mass is 35.5. The summed E-state index contributed by atoms with van der Waals surface area (Å²) in [5.74, 6) is -2.73. The first-order chi connectivity index (χ1) is 10.2. The van der Waals surface area contributed by atoms with Crippen LogP contribution in [-0.2, 0) is 10.0 Å². The molecule has 0 fully saturated rings. The minimum atomic E-state index is -4.20. The Morgan fingerprint density at radius 1 is 1.18 bits per heavy atom. The largest absolute Gasteiger partial charge is 0.478 e. The molecule has 0 amide bonds. The molecule has 0 bridgehead atoms. The first-order valence-electron chi connectivity index (χ1n) is 5.71. The number of anilines is 1. The fourth-order valence-corrected chi connectivity index (χ4v) is 3.44. The van der Waals surface area contributed by atoms with Gasteiger partial charge in [-0.15, -0.1) is 0 Å². The number of nitrogens with one attached hydrogen (secondary N) is 1. The number of hydrogen-bond donors (Lipinski definition) is 2. The van der Waals surface area contributed by atoms with Crippen LogP contribution in [-0.4, -0.2) is 19.5 Å². The van der Waals surface area contributed by atoms with Crippen LogP contribution >= 0.6 is 23.2 Å². The lowest BCUT2D eigenvalue weighted by Gasteiger charge is -2.11. The van der Waals surface area contributed by atoms with Gasteiger partial charge >= 0.3 is 5.97 Å². The molecule has 0 aliphatic rings. The van der Waals surface area contributed by atoms with Crippen LogP contribution in [0.5, 0.6) is 0 Å². The second kappa shape index (κ2) is 6.12. The van der Waals surface area contributed by atoms with Crippen LogP contribution in [0, 0.1) is 5.82 Å². The van der Waals surface area contributed by atoms with Gasteiger partial charge in [-0.1, -0.05) is 29.3 Å². The van der Waals surface area contributed by atoms with E-state index in [9.17, 15) is 17.6 Å². The van der Waals surface area contributed by atoms with Gasteiger partial charge in [-0.2, -0.15) is 0 Å². The Kier molecular flexibility index (Phi) is 4.60. The number of aromatic carboxylic acids is 1. The molecular weight excluding hydrogens is 356 g/mol. The van der Waals surface area contributed by atoms with Crippen LogP contribution < -0.4 is 4.72 Å². The van der Waals surface area contributed by atoms with Crippen molar-refractivity contribution in [1.82, 2.24) is 0 Å². The van der Waals surface area contributed by atoms with Crippen LogP contribution in [0.15, 0.2) is 41.3 Å². The van der Waals surface area contributed by atoms with E-state index < -0.39 is 37.3 Å². The van der Waals surface area contributed by atoms with Gasteiger partial charge in [0.15, 0.2) is 0 Å². The second-order valence-electron chi connectivity index (χ2n) is 4.18. The average molecular weight is 364 g/mol. The van der Waals surface area contributed by atoms with E-state index in [-0.39, 0.29) is 5.69 Å². The molecule has 9 heteroatoms. The van der Waals surface area contributed by atoms with Crippen molar-refractivity contribution < 1.29 is 22.7 Å². The monoisotopic (exact) mass is 363 g/mol. The third-order valence-electron chi connectivity index (χ3n) is 2.62. The molecule has 5 nitrogen and oxygen atoms in total. The highest BCUT2D eigenvalue weighted by Gasteiger charge is 2.23. The first-order valence-corrected chi connectivity index (χ1v) is 7.95. The molecule has 2 N–H and O–H groups in total. The van der Waals surface area contributed by atoms with Gasteiger partial charge in [0.05, 0.1) is 16.3 Å². The van der Waals surface area contributed by atoms with E-state index in [1.165, 1.54) is 18.2 Å². The Morgan fingerprint density at radius 2 is 1.86 bits per heavy atom. The van der Waals surface area contributed by atoms with Crippen molar-refractivity contribution in [2.75, 3.05) is 4.72 Å². The third kappa shape index (κ3) is 3.49. The summed E-state index contributed by atoms with van der Waals surface area (Å²) in [5.41, 5.74) is -0.638. The Morgan fingerprint density at radius 3 is 2.45 bits per heavy atom. The third-order valence-corrected chi connectivity index (χ3v) is 4.70. The van der Waals surface area contributed by atoms with Gasteiger partial charge in [0.25, 0.3) is 10.0 Å². The summed E-state index contributed by atoms with van der Waals surface area (Å²) >= 11 is 11.5. The maximum Gasteiger partial charge on any atom is 0.338 e. The molecule has 0 heterocycles. The molecule has 22 heavy (non-hydrogen) atoms. The van der Waals surface area contributed by atoms with Gasteiger partial charge < -0.3 is 5.11 Å². The van der Waals surface area contributed by atoms with Gasteiger partial charge in [0.2, 0.25) is 0 Å². The van der Waals surface area contributed by atoms with Crippen molar-refractivity contribution in [3.05, 3.63) is 57.8 Å². The van der Waals surface area contributed by atoms with E-state index in [1.807, 2.05) is 0 Å². The maximum absolute atomic E-state index is 13.5. The van der Waals surface area contributed by atoms with Crippen molar-refractivity contribution in [2.45, 2.75) is 4.90 Å². The van der Waals surface area contributed by atoms with E-state index in [1.54, 1.807) is 6.07 Å². The number of halogens is 3. The summed E-state index contributed by atoms with van der Waals surface area (Å²) in [5, 5.41) is 8.73. The molecule has 116 valence electrons. The van der Waals surface area contributed by atoms with Gasteiger partial charge in [-0.25, -0.2) is 17.6 Å². The SMILES string of the molecule is O=C(O)c1cc(S(=O)(=O)Nc2cccc(Cl)c2)c(Cl)cc1F. The molecule has 0 aromatic heterocycles. The molecule has 0 atom stereocenters. The Balaban J connectivity index is 2.50. The predicted molar refractivity (Wildman–Crippen MR) is 80.6 cm³/mol. The number of rotatable bonds is 4. The van der Waals surface area contributed by atoms with Gasteiger partial charge in [0, 0.05) is 5.02 Å². The normalized spacial score (nSPS) is 11.2. The van der Waals surface area contributed by atoms with Gasteiger partial charge in [0.1, 0.15) is 10.7 Å². The molecule has 2 rings (SSSR count). The molecule has 0 aliphatic carbocycles. The fourth-order valence-electron chi connectivity index (χ4n) is 1.66. The Labute approximate surface area is 135 Å². The van der Waals surface area contributed by atoms with Crippen LogP contribution in [0.25, 0.3) is 0 Å². The van der Waals surface area contributed by atoms with Crippen molar-refractivity contribution in [1.29, 1.82) is 0 Å². The summed E-state index contributed by atoms with van der Waals surface area (Å²) < 4.78 is 40.2. The molecule has 2 aromatic rings. The molecule has 0 unspecified atom stereocenters. The highest BCUT2D eigenvalue weighted by Crippen LogP contribution is 2.27. The Bertz CT molecular complexity index is 855. The molecule has 0 saturated carbocycles. The fraction of sp³-hybridized carbons (Fsp3) is 0. The molecule has 2 aromatic carbocycles. The van der Waals surface area contributed by atoms with Crippen LogP contribution in [0.3, 0.4) is 0 Å². The van der Waals surface area contributed by atoms with Crippen LogP contribution in [0.2, 0.25) is 10.0 Å². The topological polar surface area (TPSA) is 83.5 Å². The van der Waals surface area contributed by atoms with Gasteiger partial charge in [-0.05, 0) is 30.3 Å². The summed E-state index contributed by atoms with van der Waals surface area (Å²) in [7, 11) is -4.20. The zero-order chi connectivity index (χ0) is 16.5. The lowest BCUT2D eigenvalue weighted by Crippen LogP contribution is -2.15. The van der Waals surface area contributed by atoms with Crippen molar-refractivity contribution in [3.63, 3.8) is 0 Å². The zero-order valence-electron chi connectivity index (χ0n) is 10.7. The number of carboxylic acid groups (broad SMARTS) is 1. The summed E-state index contributed by atoms with van der Waals surface area (Å²) in [6.07, 6.45) is 0. The molecule has 0 spiro atoms. The van der Waals surface area contributed by atoms with E-state index in [0.29, 0.717) is 17.2 Å². The van der Waals surface area contributed by atoms with Crippen molar-refractivity contribution in [3.8, 4) is 0 Å². The lowest BCUT2D eigenvalue weighted by molar-refractivity contribution is 0.0691. The van der Waals surface area contributed by atoms with E-state index in [2.05, 4.69) is 4.72 Å². The number of sulfonamides is 1.